The van der Waals surface area contributed by atoms with Gasteiger partial charge in [-0.05, 0) is 38.5 Å². The fourth-order valence-electron chi connectivity index (χ4n) is 2.67. The van der Waals surface area contributed by atoms with Gasteiger partial charge in [-0.3, -0.25) is 0 Å². The molecule has 1 aromatic heterocycles. The van der Waals surface area contributed by atoms with Gasteiger partial charge in [-0.25, -0.2) is 9.79 Å². The minimum Gasteiger partial charge on any atom is -0.357 e. The predicted molar refractivity (Wildman–Crippen MR) is 116 cm³/mol. The quantitative estimate of drug-likeness (QED) is 0.381. The standard InChI is InChI=1S/C20H32N8O/c1-5-18-27-24-14-28(18)12-11-22-19(21-6-2)23-13-16-7-9-17(10-8-16)26-20(29)25-15(3)4/h7-10,14-15H,5-6,11-13H2,1-4H3,(H2,21,22,23)(H2,25,26,29). The highest BCUT2D eigenvalue weighted by Crippen LogP contribution is 2.10. The number of nitrogens with zero attached hydrogens (tertiary/aromatic N) is 4. The van der Waals surface area contributed by atoms with Crippen molar-refractivity contribution in [2.45, 2.75) is 53.2 Å². The molecule has 4 N–H and O–H groups in total. The Morgan fingerprint density at radius 1 is 1.17 bits per heavy atom. The van der Waals surface area contributed by atoms with Crippen LogP contribution in [-0.2, 0) is 19.5 Å². The van der Waals surface area contributed by atoms with Crippen molar-refractivity contribution in [1.82, 2.24) is 30.7 Å². The Balaban J connectivity index is 1.86. The summed E-state index contributed by atoms with van der Waals surface area (Å²) in [6, 6.07) is 7.57. The molecule has 0 bridgehead atoms. The highest BCUT2D eigenvalue weighted by Gasteiger charge is 2.04. The Bertz CT molecular complexity index is 782. The Hall–Kier alpha value is -3.10. The van der Waals surface area contributed by atoms with Gasteiger partial charge in [-0.15, -0.1) is 10.2 Å². The van der Waals surface area contributed by atoms with E-state index in [1.54, 1.807) is 6.33 Å². The van der Waals surface area contributed by atoms with Crippen molar-refractivity contribution in [3.05, 3.63) is 42.0 Å². The molecule has 0 spiro atoms. The van der Waals surface area contributed by atoms with Crippen LogP contribution in [-0.4, -0.2) is 45.9 Å². The van der Waals surface area contributed by atoms with E-state index in [1.807, 2.05) is 49.6 Å². The van der Waals surface area contributed by atoms with Crippen molar-refractivity contribution in [2.75, 3.05) is 18.4 Å². The van der Waals surface area contributed by atoms with E-state index in [4.69, 9.17) is 0 Å². The molecule has 29 heavy (non-hydrogen) atoms. The molecule has 9 nitrogen and oxygen atoms in total. The molecule has 0 atom stereocenters. The summed E-state index contributed by atoms with van der Waals surface area (Å²) in [5.41, 5.74) is 1.81. The van der Waals surface area contributed by atoms with E-state index in [0.29, 0.717) is 6.54 Å². The second-order valence-electron chi connectivity index (χ2n) is 6.87. The lowest BCUT2D eigenvalue weighted by Crippen LogP contribution is -2.38. The molecule has 0 radical (unpaired) electrons. The zero-order valence-corrected chi connectivity index (χ0v) is 17.7. The van der Waals surface area contributed by atoms with Crippen LogP contribution >= 0.6 is 0 Å². The van der Waals surface area contributed by atoms with E-state index in [1.165, 1.54) is 0 Å². The molecule has 158 valence electrons. The molecule has 0 saturated heterocycles. The summed E-state index contributed by atoms with van der Waals surface area (Å²) < 4.78 is 2.04. The van der Waals surface area contributed by atoms with Gasteiger partial charge in [0.25, 0.3) is 0 Å². The first-order valence-electron chi connectivity index (χ1n) is 10.1. The first-order chi connectivity index (χ1) is 14.0. The van der Waals surface area contributed by atoms with Crippen molar-refractivity contribution in [1.29, 1.82) is 0 Å². The van der Waals surface area contributed by atoms with Crippen LogP contribution in [0.3, 0.4) is 0 Å². The van der Waals surface area contributed by atoms with Gasteiger partial charge in [0.05, 0.1) is 6.54 Å². The number of rotatable bonds is 9. The summed E-state index contributed by atoms with van der Waals surface area (Å²) >= 11 is 0. The summed E-state index contributed by atoms with van der Waals surface area (Å²) in [5, 5.41) is 20.2. The molecule has 2 aromatic rings. The maximum Gasteiger partial charge on any atom is 0.319 e. The van der Waals surface area contributed by atoms with Gasteiger partial charge < -0.3 is 25.8 Å². The van der Waals surface area contributed by atoms with E-state index in [2.05, 4.69) is 43.4 Å². The number of urea groups is 1. The first kappa shape index (κ1) is 22.2. The SMILES string of the molecule is CCNC(=NCc1ccc(NC(=O)NC(C)C)cc1)NCCn1cnnc1CC. The van der Waals surface area contributed by atoms with Crippen LogP contribution in [0.25, 0.3) is 0 Å². The summed E-state index contributed by atoms with van der Waals surface area (Å²) in [7, 11) is 0. The number of carbonyl (C=O) groups excluding carboxylic acids is 1. The van der Waals surface area contributed by atoms with Crippen molar-refractivity contribution >= 4 is 17.7 Å². The normalized spacial score (nSPS) is 11.4. The first-order valence-corrected chi connectivity index (χ1v) is 10.1. The third-order valence-electron chi connectivity index (χ3n) is 4.05. The Morgan fingerprint density at radius 3 is 2.59 bits per heavy atom. The van der Waals surface area contributed by atoms with E-state index in [9.17, 15) is 4.79 Å². The molecular formula is C20H32N8O. The fraction of sp³-hybridized carbons (Fsp3) is 0.500. The summed E-state index contributed by atoms with van der Waals surface area (Å²) in [6.07, 6.45) is 2.61. The molecule has 0 aliphatic rings. The monoisotopic (exact) mass is 400 g/mol. The van der Waals surface area contributed by atoms with E-state index >= 15 is 0 Å². The highest BCUT2D eigenvalue weighted by molar-refractivity contribution is 5.89. The number of aliphatic imine (C=N–C) groups is 1. The lowest BCUT2D eigenvalue weighted by molar-refractivity contribution is 0.250. The molecule has 0 saturated carbocycles. The lowest BCUT2D eigenvalue weighted by Gasteiger charge is -2.12. The number of anilines is 1. The third kappa shape index (κ3) is 7.81. The summed E-state index contributed by atoms with van der Waals surface area (Å²) in [5.74, 6) is 1.74. The smallest absolute Gasteiger partial charge is 0.319 e. The molecule has 0 fully saturated rings. The second-order valence-corrected chi connectivity index (χ2v) is 6.87. The van der Waals surface area contributed by atoms with Crippen LogP contribution in [0.4, 0.5) is 10.5 Å². The number of hydrogen-bond donors (Lipinski definition) is 4. The predicted octanol–water partition coefficient (Wildman–Crippen LogP) is 2.13. The number of carbonyl (C=O) groups is 1. The fourth-order valence-corrected chi connectivity index (χ4v) is 2.67. The van der Waals surface area contributed by atoms with E-state index in [0.717, 1.165) is 49.1 Å². The minimum atomic E-state index is -0.205. The Labute approximate surface area is 172 Å². The van der Waals surface area contributed by atoms with Crippen LogP contribution in [0.5, 0.6) is 0 Å². The van der Waals surface area contributed by atoms with Crippen molar-refractivity contribution < 1.29 is 4.79 Å². The molecule has 2 amide bonds. The summed E-state index contributed by atoms with van der Waals surface area (Å²) in [6.45, 7) is 10.8. The number of hydrogen-bond acceptors (Lipinski definition) is 4. The van der Waals surface area contributed by atoms with Gasteiger partial charge in [0.2, 0.25) is 0 Å². The topological polar surface area (TPSA) is 108 Å². The van der Waals surface area contributed by atoms with Gasteiger partial charge in [0.15, 0.2) is 5.96 Å². The average molecular weight is 401 g/mol. The number of nitrogens with one attached hydrogen (secondary N) is 4. The van der Waals surface area contributed by atoms with E-state index < -0.39 is 0 Å². The van der Waals surface area contributed by atoms with Gasteiger partial charge in [0.1, 0.15) is 12.2 Å². The number of aryl methyl sites for hydroxylation is 1. The number of guanidine groups is 1. The van der Waals surface area contributed by atoms with Gasteiger partial charge >= 0.3 is 6.03 Å². The molecule has 0 aliphatic carbocycles. The molecular weight excluding hydrogens is 368 g/mol. The zero-order chi connectivity index (χ0) is 21.1. The van der Waals surface area contributed by atoms with Gasteiger partial charge in [-0.1, -0.05) is 19.1 Å². The number of aromatic nitrogens is 3. The van der Waals surface area contributed by atoms with E-state index in [-0.39, 0.29) is 12.1 Å². The van der Waals surface area contributed by atoms with Crippen molar-refractivity contribution in [3.63, 3.8) is 0 Å². The van der Waals surface area contributed by atoms with Crippen LogP contribution < -0.4 is 21.3 Å². The molecule has 2 rings (SSSR count). The molecule has 1 aromatic carbocycles. The van der Waals surface area contributed by atoms with Crippen LogP contribution in [0.15, 0.2) is 35.6 Å². The zero-order valence-electron chi connectivity index (χ0n) is 17.7. The van der Waals surface area contributed by atoms with Crippen molar-refractivity contribution in [2.24, 2.45) is 4.99 Å². The molecule has 0 unspecified atom stereocenters. The maximum absolute atomic E-state index is 11.8. The minimum absolute atomic E-state index is 0.0965. The van der Waals surface area contributed by atoms with Gasteiger partial charge in [0, 0.05) is 37.8 Å². The number of benzene rings is 1. The highest BCUT2D eigenvalue weighted by atomic mass is 16.2. The maximum atomic E-state index is 11.8. The summed E-state index contributed by atoms with van der Waals surface area (Å²) in [4.78, 5) is 16.4. The molecule has 1 heterocycles. The molecule has 0 aliphatic heterocycles. The lowest BCUT2D eigenvalue weighted by atomic mass is 10.2. The average Bonchev–Trinajstić information content (AvgIpc) is 3.14. The van der Waals surface area contributed by atoms with Gasteiger partial charge in [-0.2, -0.15) is 0 Å². The largest absolute Gasteiger partial charge is 0.357 e. The van der Waals surface area contributed by atoms with Crippen LogP contribution in [0.2, 0.25) is 0 Å². The third-order valence-corrected chi connectivity index (χ3v) is 4.05. The Kier molecular flexibility index (Phi) is 8.94. The van der Waals surface area contributed by atoms with Crippen molar-refractivity contribution in [3.8, 4) is 0 Å². The second kappa shape index (κ2) is 11.7. The Morgan fingerprint density at radius 2 is 1.93 bits per heavy atom. The van der Waals surface area contributed by atoms with Crippen LogP contribution in [0, 0.1) is 0 Å². The van der Waals surface area contributed by atoms with Crippen LogP contribution in [0.1, 0.15) is 39.1 Å². The molecule has 9 heteroatoms. The number of amides is 2.